The van der Waals surface area contributed by atoms with Crippen LogP contribution < -0.4 is 10.5 Å². The summed E-state index contributed by atoms with van der Waals surface area (Å²) in [4.78, 5) is 0.205. The van der Waals surface area contributed by atoms with E-state index in [1.807, 2.05) is 0 Å². The van der Waals surface area contributed by atoms with E-state index < -0.39 is 10.0 Å². The Labute approximate surface area is 108 Å². The molecule has 1 aliphatic rings. The lowest BCUT2D eigenvalue weighted by Crippen LogP contribution is -2.29. The van der Waals surface area contributed by atoms with Crippen molar-refractivity contribution < 1.29 is 13.2 Å². The number of ether oxygens (including phenoxy) is 1. The topological polar surface area (TPSA) is 72.6 Å². The molecule has 100 valence electrons. The highest BCUT2D eigenvalue weighted by Crippen LogP contribution is 2.34. The van der Waals surface area contributed by atoms with Crippen LogP contribution in [0.25, 0.3) is 0 Å². The molecule has 6 heteroatoms. The van der Waals surface area contributed by atoms with Crippen molar-refractivity contribution in [3.63, 3.8) is 0 Å². The summed E-state index contributed by atoms with van der Waals surface area (Å²) < 4.78 is 31.4. The molecule has 0 amide bonds. The van der Waals surface area contributed by atoms with Crippen molar-refractivity contribution in [2.24, 2.45) is 5.73 Å². The first-order valence-electron chi connectivity index (χ1n) is 5.85. The van der Waals surface area contributed by atoms with Crippen LogP contribution in [0.2, 0.25) is 0 Å². The van der Waals surface area contributed by atoms with E-state index in [-0.39, 0.29) is 10.9 Å². The van der Waals surface area contributed by atoms with E-state index in [4.69, 9.17) is 10.5 Å². The van der Waals surface area contributed by atoms with Crippen molar-refractivity contribution in [1.29, 1.82) is 0 Å². The molecule has 0 heterocycles. The molecule has 1 aliphatic carbocycles. The zero-order chi connectivity index (χ0) is 13.3. The minimum absolute atomic E-state index is 0.133. The van der Waals surface area contributed by atoms with Crippen LogP contribution in [-0.4, -0.2) is 32.9 Å². The van der Waals surface area contributed by atoms with E-state index in [2.05, 4.69) is 0 Å². The van der Waals surface area contributed by atoms with Gasteiger partial charge in [-0.05, 0) is 30.5 Å². The lowest BCUT2D eigenvalue weighted by Gasteiger charge is -2.18. The van der Waals surface area contributed by atoms with Gasteiger partial charge >= 0.3 is 0 Å². The van der Waals surface area contributed by atoms with Crippen LogP contribution in [0.15, 0.2) is 23.1 Å². The molecule has 0 bridgehead atoms. The molecule has 0 aromatic heterocycles. The predicted molar refractivity (Wildman–Crippen MR) is 68.9 cm³/mol. The first-order chi connectivity index (χ1) is 8.50. The second kappa shape index (κ2) is 4.87. The first-order valence-corrected chi connectivity index (χ1v) is 7.29. The largest absolute Gasteiger partial charge is 0.495 e. The molecule has 2 N–H and O–H groups in total. The predicted octanol–water partition coefficient (Wildman–Crippen LogP) is 0.937. The molecule has 0 atom stereocenters. The molecular formula is C12H18N2O3S. The number of nitrogens with two attached hydrogens (primary N) is 1. The monoisotopic (exact) mass is 270 g/mol. The standard InChI is InChI=1S/C12H18N2O3S/c1-14(10-4-5-10)18(15,16)12-6-3-9(8-13)7-11(12)17-2/h3,6-7,10H,4-5,8,13H2,1-2H3. The van der Waals surface area contributed by atoms with E-state index in [9.17, 15) is 8.42 Å². The fourth-order valence-corrected chi connectivity index (χ4v) is 3.39. The van der Waals surface area contributed by atoms with Gasteiger partial charge in [0.15, 0.2) is 0 Å². The van der Waals surface area contributed by atoms with E-state index >= 15 is 0 Å². The van der Waals surface area contributed by atoms with Gasteiger partial charge in [0.2, 0.25) is 10.0 Å². The van der Waals surface area contributed by atoms with Gasteiger partial charge < -0.3 is 10.5 Å². The van der Waals surface area contributed by atoms with Crippen LogP contribution in [-0.2, 0) is 16.6 Å². The number of methoxy groups -OCH3 is 1. The molecule has 1 saturated carbocycles. The average Bonchev–Trinajstić information content (AvgIpc) is 3.21. The number of hydrogen-bond donors (Lipinski definition) is 1. The summed E-state index contributed by atoms with van der Waals surface area (Å²) in [5, 5.41) is 0. The molecule has 0 radical (unpaired) electrons. The van der Waals surface area contributed by atoms with Crippen LogP contribution in [0.5, 0.6) is 5.75 Å². The van der Waals surface area contributed by atoms with Crippen LogP contribution in [0, 0.1) is 0 Å². The second-order valence-electron chi connectivity index (χ2n) is 4.44. The quantitative estimate of drug-likeness (QED) is 0.864. The van der Waals surface area contributed by atoms with Gasteiger partial charge in [0, 0.05) is 19.6 Å². The number of sulfonamides is 1. The maximum atomic E-state index is 12.4. The Morgan fingerprint density at radius 1 is 1.44 bits per heavy atom. The molecule has 0 saturated heterocycles. The number of rotatable bonds is 5. The van der Waals surface area contributed by atoms with Crippen molar-refractivity contribution in [3.8, 4) is 5.75 Å². The fraction of sp³-hybridized carbons (Fsp3) is 0.500. The molecule has 5 nitrogen and oxygen atoms in total. The fourth-order valence-electron chi connectivity index (χ4n) is 1.84. The Bertz CT molecular complexity index is 538. The molecule has 18 heavy (non-hydrogen) atoms. The second-order valence-corrected chi connectivity index (χ2v) is 6.41. The first kappa shape index (κ1) is 13.3. The minimum Gasteiger partial charge on any atom is -0.495 e. The van der Waals surface area contributed by atoms with Gasteiger partial charge in [0.05, 0.1) is 7.11 Å². The average molecular weight is 270 g/mol. The summed E-state index contributed by atoms with van der Waals surface area (Å²) in [6, 6.07) is 5.09. The summed E-state index contributed by atoms with van der Waals surface area (Å²) in [5.74, 6) is 0.352. The number of nitrogens with zero attached hydrogens (tertiary/aromatic N) is 1. The van der Waals surface area contributed by atoms with Crippen molar-refractivity contribution in [3.05, 3.63) is 23.8 Å². The summed E-state index contributed by atoms with van der Waals surface area (Å²) >= 11 is 0. The molecule has 1 aromatic carbocycles. The van der Waals surface area contributed by atoms with Gasteiger partial charge in [-0.3, -0.25) is 0 Å². The van der Waals surface area contributed by atoms with Gasteiger partial charge in [-0.1, -0.05) is 6.07 Å². The van der Waals surface area contributed by atoms with Crippen LogP contribution in [0.4, 0.5) is 0 Å². The van der Waals surface area contributed by atoms with E-state index in [1.165, 1.54) is 11.4 Å². The van der Waals surface area contributed by atoms with Crippen LogP contribution >= 0.6 is 0 Å². The highest BCUT2D eigenvalue weighted by atomic mass is 32.2. The van der Waals surface area contributed by atoms with E-state index in [0.717, 1.165) is 18.4 Å². The molecule has 1 aromatic rings. The van der Waals surface area contributed by atoms with E-state index in [1.54, 1.807) is 25.2 Å². The summed E-state index contributed by atoms with van der Waals surface area (Å²) in [6.07, 6.45) is 1.86. The van der Waals surface area contributed by atoms with Gasteiger partial charge in [-0.25, -0.2) is 8.42 Å². The summed E-state index contributed by atoms with van der Waals surface area (Å²) in [5.41, 5.74) is 6.38. The van der Waals surface area contributed by atoms with Crippen LogP contribution in [0.1, 0.15) is 18.4 Å². The zero-order valence-corrected chi connectivity index (χ0v) is 11.4. The van der Waals surface area contributed by atoms with Gasteiger partial charge in [0.25, 0.3) is 0 Å². The molecule has 0 unspecified atom stereocenters. The summed E-state index contributed by atoms with van der Waals surface area (Å²) in [7, 11) is -0.398. The normalized spacial score (nSPS) is 16.0. The van der Waals surface area contributed by atoms with Gasteiger partial charge in [-0.2, -0.15) is 4.31 Å². The SMILES string of the molecule is COc1cc(CN)ccc1S(=O)(=O)N(C)C1CC1. The van der Waals surface area contributed by atoms with Gasteiger partial charge in [0.1, 0.15) is 10.6 Å². The third-order valence-corrected chi connectivity index (χ3v) is 5.13. The lowest BCUT2D eigenvalue weighted by molar-refractivity contribution is 0.397. The third kappa shape index (κ3) is 2.36. The van der Waals surface area contributed by atoms with Crippen LogP contribution in [0.3, 0.4) is 0 Å². The maximum absolute atomic E-state index is 12.4. The zero-order valence-electron chi connectivity index (χ0n) is 10.6. The van der Waals surface area contributed by atoms with Crippen molar-refractivity contribution in [2.75, 3.05) is 14.2 Å². The molecule has 2 rings (SSSR count). The van der Waals surface area contributed by atoms with Crippen molar-refractivity contribution in [1.82, 2.24) is 4.31 Å². The lowest BCUT2D eigenvalue weighted by atomic mass is 10.2. The molecule has 0 aliphatic heterocycles. The Morgan fingerprint density at radius 3 is 2.61 bits per heavy atom. The minimum atomic E-state index is -3.48. The van der Waals surface area contributed by atoms with Crippen molar-refractivity contribution >= 4 is 10.0 Å². The Morgan fingerprint density at radius 2 is 2.11 bits per heavy atom. The highest BCUT2D eigenvalue weighted by Gasteiger charge is 2.36. The highest BCUT2D eigenvalue weighted by molar-refractivity contribution is 7.89. The van der Waals surface area contributed by atoms with E-state index in [0.29, 0.717) is 12.3 Å². The maximum Gasteiger partial charge on any atom is 0.246 e. The van der Waals surface area contributed by atoms with Gasteiger partial charge in [-0.15, -0.1) is 0 Å². The molecule has 1 fully saturated rings. The Kier molecular flexibility index (Phi) is 3.61. The molecule has 0 spiro atoms. The Balaban J connectivity index is 2.43. The Hall–Kier alpha value is -1.11. The third-order valence-electron chi connectivity index (χ3n) is 3.18. The number of hydrogen-bond acceptors (Lipinski definition) is 4. The number of benzene rings is 1. The molecular weight excluding hydrogens is 252 g/mol. The van der Waals surface area contributed by atoms with Crippen molar-refractivity contribution in [2.45, 2.75) is 30.3 Å². The summed E-state index contributed by atoms with van der Waals surface area (Å²) in [6.45, 7) is 0.356. The smallest absolute Gasteiger partial charge is 0.246 e.